The molecule has 1 aliphatic heterocycles. The number of aromatic nitrogens is 2. The van der Waals surface area contributed by atoms with Crippen LogP contribution in [0.2, 0.25) is 0 Å². The third-order valence-electron chi connectivity index (χ3n) is 4.26. The predicted molar refractivity (Wildman–Crippen MR) is 99.8 cm³/mol. The van der Waals surface area contributed by atoms with Gasteiger partial charge in [-0.3, -0.25) is 9.59 Å². The third kappa shape index (κ3) is 3.71. The molecule has 0 saturated heterocycles. The minimum absolute atomic E-state index is 0.0403. The number of nitrogens with one attached hydrogen (secondary N) is 2. The molecule has 0 saturated carbocycles. The van der Waals surface area contributed by atoms with Gasteiger partial charge in [0.15, 0.2) is 0 Å². The van der Waals surface area contributed by atoms with Crippen molar-refractivity contribution < 1.29 is 9.59 Å². The molecule has 6 nitrogen and oxygen atoms in total. The van der Waals surface area contributed by atoms with Crippen molar-refractivity contribution in [2.24, 2.45) is 0 Å². The van der Waals surface area contributed by atoms with Crippen LogP contribution in [0.5, 0.6) is 0 Å². The molecule has 2 amide bonds. The maximum atomic E-state index is 12.3. The van der Waals surface area contributed by atoms with E-state index in [1.807, 2.05) is 45.0 Å². The van der Waals surface area contributed by atoms with E-state index in [4.69, 9.17) is 0 Å². The molecule has 0 unspecified atom stereocenters. The highest BCUT2D eigenvalue weighted by Gasteiger charge is 2.26. The van der Waals surface area contributed by atoms with Gasteiger partial charge >= 0.3 is 11.8 Å². The monoisotopic (exact) mass is 358 g/mol. The van der Waals surface area contributed by atoms with Crippen molar-refractivity contribution >= 4 is 29.4 Å². The Hall–Kier alpha value is -2.28. The van der Waals surface area contributed by atoms with Crippen LogP contribution in [0.3, 0.4) is 0 Å². The Kier molecular flexibility index (Phi) is 5.13. The second-order valence-corrected chi connectivity index (χ2v) is 7.24. The Morgan fingerprint density at radius 1 is 1.24 bits per heavy atom. The molecule has 0 aliphatic carbocycles. The van der Waals surface area contributed by atoms with Crippen molar-refractivity contribution in [3.63, 3.8) is 0 Å². The van der Waals surface area contributed by atoms with Crippen LogP contribution in [-0.2, 0) is 21.1 Å². The second-order valence-electron chi connectivity index (χ2n) is 6.25. The molecule has 0 spiro atoms. The number of carbonyl (C=O) groups is 2. The summed E-state index contributed by atoms with van der Waals surface area (Å²) < 4.78 is 1.72. The maximum Gasteiger partial charge on any atom is 0.314 e. The van der Waals surface area contributed by atoms with Crippen LogP contribution in [0.15, 0.2) is 24.3 Å². The fraction of sp³-hybridized carbons (Fsp3) is 0.389. The van der Waals surface area contributed by atoms with Gasteiger partial charge in [0.2, 0.25) is 0 Å². The molecule has 2 aromatic rings. The Morgan fingerprint density at radius 2 is 1.96 bits per heavy atom. The summed E-state index contributed by atoms with van der Waals surface area (Å²) >= 11 is 1.75. The van der Waals surface area contributed by atoms with Crippen molar-refractivity contribution in [2.75, 3.05) is 5.32 Å². The summed E-state index contributed by atoms with van der Waals surface area (Å²) in [6.45, 7) is 5.85. The lowest BCUT2D eigenvalue weighted by Crippen LogP contribution is -2.40. The molecule has 1 aromatic heterocycles. The van der Waals surface area contributed by atoms with Crippen LogP contribution < -0.4 is 10.6 Å². The lowest BCUT2D eigenvalue weighted by Gasteiger charge is -2.13. The van der Waals surface area contributed by atoms with Crippen LogP contribution >= 0.6 is 11.8 Å². The highest BCUT2D eigenvalue weighted by Crippen LogP contribution is 2.36. The van der Waals surface area contributed by atoms with E-state index in [-0.39, 0.29) is 6.04 Å². The number of hydrogen-bond donors (Lipinski definition) is 2. The fourth-order valence-corrected chi connectivity index (χ4v) is 3.60. The second kappa shape index (κ2) is 7.31. The van der Waals surface area contributed by atoms with Crippen LogP contribution in [0.4, 0.5) is 5.82 Å². The third-order valence-corrected chi connectivity index (χ3v) is 5.23. The van der Waals surface area contributed by atoms with Crippen LogP contribution in [-0.4, -0.2) is 27.6 Å². The van der Waals surface area contributed by atoms with E-state index in [0.29, 0.717) is 5.82 Å². The zero-order valence-electron chi connectivity index (χ0n) is 14.6. The van der Waals surface area contributed by atoms with E-state index >= 15 is 0 Å². The maximum absolute atomic E-state index is 12.3. The number of nitrogens with zero attached hydrogens (tertiary/aromatic N) is 2. The summed E-state index contributed by atoms with van der Waals surface area (Å²) in [7, 11) is 0. The van der Waals surface area contributed by atoms with Gasteiger partial charge in [-0.25, -0.2) is 4.68 Å². The van der Waals surface area contributed by atoms with E-state index in [1.54, 1.807) is 16.4 Å². The summed E-state index contributed by atoms with van der Waals surface area (Å²) in [6, 6.07) is 7.87. The number of benzene rings is 1. The first kappa shape index (κ1) is 17.5. The first-order chi connectivity index (χ1) is 12.0. The van der Waals surface area contributed by atoms with E-state index in [9.17, 15) is 9.59 Å². The fourth-order valence-electron chi connectivity index (χ4n) is 2.57. The minimum atomic E-state index is -0.659. The molecule has 132 valence electrons. The topological polar surface area (TPSA) is 76.0 Å². The summed E-state index contributed by atoms with van der Waals surface area (Å²) in [5.41, 5.74) is 3.97. The van der Waals surface area contributed by atoms with Crippen molar-refractivity contribution in [2.45, 2.75) is 44.7 Å². The number of aryl methyl sites for hydroxylation is 1. The van der Waals surface area contributed by atoms with E-state index in [2.05, 4.69) is 15.7 Å². The van der Waals surface area contributed by atoms with Gasteiger partial charge in [0.05, 0.1) is 11.4 Å². The van der Waals surface area contributed by atoms with Gasteiger partial charge in [0, 0.05) is 23.1 Å². The Labute approximate surface area is 151 Å². The standard InChI is InChI=1S/C18H22N4O2S/c1-4-12(3)19-17(23)18(24)20-16-14-9-25-10-15(14)21-22(16)13-7-5-11(2)6-8-13/h5-8,12H,4,9-10H2,1-3H3,(H,19,23)(H,20,24)/t12-/m0/s1. The zero-order valence-corrected chi connectivity index (χ0v) is 15.4. The highest BCUT2D eigenvalue weighted by molar-refractivity contribution is 7.98. The summed E-state index contributed by atoms with van der Waals surface area (Å²) in [6.07, 6.45) is 0.770. The summed E-state index contributed by atoms with van der Waals surface area (Å²) in [5, 5.41) is 10.1. The predicted octanol–water partition coefficient (Wildman–Crippen LogP) is 2.78. The van der Waals surface area contributed by atoms with Gasteiger partial charge in [0.25, 0.3) is 0 Å². The van der Waals surface area contributed by atoms with E-state index in [0.717, 1.165) is 40.4 Å². The first-order valence-corrected chi connectivity index (χ1v) is 9.52. The largest absolute Gasteiger partial charge is 0.345 e. The SMILES string of the molecule is CC[C@H](C)NC(=O)C(=O)Nc1c2c(nn1-c1ccc(C)cc1)CSC2. The lowest BCUT2D eigenvalue weighted by atomic mass is 10.2. The molecule has 2 heterocycles. The molecule has 0 radical (unpaired) electrons. The first-order valence-electron chi connectivity index (χ1n) is 8.37. The van der Waals surface area contributed by atoms with Crippen LogP contribution in [0.25, 0.3) is 5.69 Å². The number of rotatable bonds is 4. The van der Waals surface area contributed by atoms with Crippen LogP contribution in [0.1, 0.15) is 37.1 Å². The van der Waals surface area contributed by atoms with Gasteiger partial charge in [-0.05, 0) is 32.4 Å². The molecule has 7 heteroatoms. The molecule has 1 aromatic carbocycles. The van der Waals surface area contributed by atoms with Gasteiger partial charge in [-0.2, -0.15) is 16.9 Å². The average Bonchev–Trinajstić information content (AvgIpc) is 3.18. The van der Waals surface area contributed by atoms with E-state index < -0.39 is 11.8 Å². The van der Waals surface area contributed by atoms with Gasteiger partial charge in [0.1, 0.15) is 5.82 Å². The van der Waals surface area contributed by atoms with Crippen molar-refractivity contribution in [3.8, 4) is 5.69 Å². The normalized spacial score (nSPS) is 14.0. The quantitative estimate of drug-likeness (QED) is 0.824. The van der Waals surface area contributed by atoms with Crippen molar-refractivity contribution in [1.82, 2.24) is 15.1 Å². The van der Waals surface area contributed by atoms with Gasteiger partial charge in [-0.15, -0.1) is 0 Å². The molecule has 0 bridgehead atoms. The molecule has 1 aliphatic rings. The number of carbonyl (C=O) groups excluding carboxylic acids is 2. The number of amides is 2. The molecule has 0 fully saturated rings. The average molecular weight is 358 g/mol. The van der Waals surface area contributed by atoms with Gasteiger partial charge in [-0.1, -0.05) is 24.6 Å². The molecule has 1 atom stereocenters. The van der Waals surface area contributed by atoms with E-state index in [1.165, 1.54) is 0 Å². The number of fused-ring (bicyclic) bond motifs is 1. The Balaban J connectivity index is 1.89. The minimum Gasteiger partial charge on any atom is -0.345 e. The molecular formula is C18H22N4O2S. The smallest absolute Gasteiger partial charge is 0.314 e. The summed E-state index contributed by atoms with van der Waals surface area (Å²) in [5.74, 6) is 0.909. The number of hydrogen-bond acceptors (Lipinski definition) is 4. The molecule has 2 N–H and O–H groups in total. The van der Waals surface area contributed by atoms with Gasteiger partial charge < -0.3 is 10.6 Å². The zero-order chi connectivity index (χ0) is 18.0. The number of thioether (sulfide) groups is 1. The highest BCUT2D eigenvalue weighted by atomic mass is 32.2. The lowest BCUT2D eigenvalue weighted by molar-refractivity contribution is -0.136. The molecule has 3 rings (SSSR count). The summed E-state index contributed by atoms with van der Waals surface area (Å²) in [4.78, 5) is 24.4. The van der Waals surface area contributed by atoms with Crippen molar-refractivity contribution in [1.29, 1.82) is 0 Å². The Bertz CT molecular complexity index is 798. The Morgan fingerprint density at radius 3 is 2.64 bits per heavy atom. The van der Waals surface area contributed by atoms with Crippen LogP contribution in [0, 0.1) is 6.92 Å². The molecular weight excluding hydrogens is 336 g/mol. The number of anilines is 1. The van der Waals surface area contributed by atoms with Crippen molar-refractivity contribution in [3.05, 3.63) is 41.1 Å². The molecule has 25 heavy (non-hydrogen) atoms.